The summed E-state index contributed by atoms with van der Waals surface area (Å²) >= 11 is 0. The van der Waals surface area contributed by atoms with Crippen molar-refractivity contribution in [2.45, 2.75) is 71.4 Å². The first-order valence-electron chi connectivity index (χ1n) is 7.78. The second kappa shape index (κ2) is 6.08. The Morgan fingerprint density at radius 3 is 2.68 bits per heavy atom. The second-order valence-electron chi connectivity index (χ2n) is 6.61. The molecule has 1 heterocycles. The van der Waals surface area contributed by atoms with E-state index >= 15 is 0 Å². The summed E-state index contributed by atoms with van der Waals surface area (Å²) in [7, 11) is 2.07. The second-order valence-corrected chi connectivity index (χ2v) is 6.61. The van der Waals surface area contributed by atoms with Gasteiger partial charge < -0.3 is 5.32 Å². The molecule has 1 aromatic rings. The van der Waals surface area contributed by atoms with Crippen molar-refractivity contribution < 1.29 is 0 Å². The first kappa shape index (κ1) is 14.6. The first-order chi connectivity index (χ1) is 9.06. The highest BCUT2D eigenvalue weighted by Gasteiger charge is 2.27. The van der Waals surface area contributed by atoms with Crippen LogP contribution in [0.25, 0.3) is 0 Å². The van der Waals surface area contributed by atoms with Crippen molar-refractivity contribution in [3.05, 3.63) is 18.0 Å². The van der Waals surface area contributed by atoms with Crippen LogP contribution >= 0.6 is 0 Å². The van der Waals surface area contributed by atoms with Gasteiger partial charge in [0.05, 0.1) is 11.7 Å². The van der Waals surface area contributed by atoms with Crippen molar-refractivity contribution in [2.24, 2.45) is 5.41 Å². The van der Waals surface area contributed by atoms with Gasteiger partial charge in [-0.05, 0) is 37.8 Å². The molecule has 108 valence electrons. The number of nitrogens with one attached hydrogen (secondary N) is 1. The van der Waals surface area contributed by atoms with Crippen LogP contribution in [0.5, 0.6) is 0 Å². The molecule has 1 aliphatic rings. The summed E-state index contributed by atoms with van der Waals surface area (Å²) in [6.07, 6.45) is 9.72. The highest BCUT2D eigenvalue weighted by Crippen LogP contribution is 2.30. The van der Waals surface area contributed by atoms with Gasteiger partial charge in [0.1, 0.15) is 0 Å². The van der Waals surface area contributed by atoms with Crippen molar-refractivity contribution in [1.82, 2.24) is 15.1 Å². The summed E-state index contributed by atoms with van der Waals surface area (Å²) in [6, 6.07) is 3.35. The number of aromatic nitrogens is 2. The lowest BCUT2D eigenvalue weighted by molar-refractivity contribution is 0.238. The minimum absolute atomic E-state index is 0.311. The minimum Gasteiger partial charge on any atom is -0.316 e. The lowest BCUT2D eigenvalue weighted by Crippen LogP contribution is -2.41. The van der Waals surface area contributed by atoms with E-state index in [1.165, 1.54) is 37.8 Å². The Morgan fingerprint density at radius 1 is 1.42 bits per heavy atom. The summed E-state index contributed by atoms with van der Waals surface area (Å²) in [4.78, 5) is 0. The Kier molecular flexibility index (Phi) is 4.67. The molecule has 0 saturated heterocycles. The molecular formula is C16H29N3. The molecule has 0 aliphatic heterocycles. The Morgan fingerprint density at radius 2 is 2.11 bits per heavy atom. The van der Waals surface area contributed by atoms with E-state index in [2.05, 4.69) is 50.1 Å². The summed E-state index contributed by atoms with van der Waals surface area (Å²) in [5.74, 6) is 0. The molecule has 19 heavy (non-hydrogen) atoms. The van der Waals surface area contributed by atoms with Crippen molar-refractivity contribution in [2.75, 3.05) is 7.05 Å². The van der Waals surface area contributed by atoms with Gasteiger partial charge in [-0.15, -0.1) is 0 Å². The van der Waals surface area contributed by atoms with Gasteiger partial charge in [0.25, 0.3) is 0 Å². The van der Waals surface area contributed by atoms with Gasteiger partial charge in [-0.25, -0.2) is 0 Å². The highest BCUT2D eigenvalue weighted by molar-refractivity contribution is 5.04. The molecule has 2 rings (SSSR count). The van der Waals surface area contributed by atoms with E-state index in [4.69, 9.17) is 5.10 Å². The molecule has 1 fully saturated rings. The SMILES string of the molecule is CCC(C)(C)C(Cc1ccn(C2CCCC2)n1)NC. The fraction of sp³-hybridized carbons (Fsp3) is 0.812. The van der Waals surface area contributed by atoms with Crippen molar-refractivity contribution in [3.63, 3.8) is 0 Å². The van der Waals surface area contributed by atoms with Crippen LogP contribution in [0.2, 0.25) is 0 Å². The minimum atomic E-state index is 0.311. The molecular weight excluding hydrogens is 234 g/mol. The average Bonchev–Trinajstić information content (AvgIpc) is 3.06. The molecule has 1 unspecified atom stereocenters. The number of hydrogen-bond acceptors (Lipinski definition) is 2. The van der Waals surface area contributed by atoms with Crippen LogP contribution in [-0.4, -0.2) is 22.9 Å². The molecule has 0 bridgehead atoms. The molecule has 0 spiro atoms. The van der Waals surface area contributed by atoms with Crippen LogP contribution in [0.4, 0.5) is 0 Å². The van der Waals surface area contributed by atoms with Crippen LogP contribution in [0, 0.1) is 5.41 Å². The molecule has 1 N–H and O–H groups in total. The zero-order valence-corrected chi connectivity index (χ0v) is 12.9. The van der Waals surface area contributed by atoms with Gasteiger partial charge >= 0.3 is 0 Å². The normalized spacial score (nSPS) is 18.9. The fourth-order valence-electron chi connectivity index (χ4n) is 3.08. The van der Waals surface area contributed by atoms with Crippen molar-refractivity contribution >= 4 is 0 Å². The van der Waals surface area contributed by atoms with Gasteiger partial charge in [-0.1, -0.05) is 33.6 Å². The summed E-state index contributed by atoms with van der Waals surface area (Å²) in [5, 5.41) is 8.28. The van der Waals surface area contributed by atoms with Crippen molar-refractivity contribution in [3.8, 4) is 0 Å². The average molecular weight is 263 g/mol. The molecule has 3 nitrogen and oxygen atoms in total. The molecule has 1 saturated carbocycles. The number of hydrogen-bond donors (Lipinski definition) is 1. The lowest BCUT2D eigenvalue weighted by Gasteiger charge is -2.33. The smallest absolute Gasteiger partial charge is 0.0640 e. The van der Waals surface area contributed by atoms with Gasteiger partial charge in [0.2, 0.25) is 0 Å². The molecule has 0 aromatic carbocycles. The first-order valence-corrected chi connectivity index (χ1v) is 7.78. The predicted molar refractivity (Wildman–Crippen MR) is 80.4 cm³/mol. The molecule has 0 radical (unpaired) electrons. The van der Waals surface area contributed by atoms with E-state index in [1.807, 2.05) is 0 Å². The van der Waals surface area contributed by atoms with Crippen LogP contribution in [0.3, 0.4) is 0 Å². The monoisotopic (exact) mass is 263 g/mol. The third kappa shape index (κ3) is 3.38. The number of likely N-dealkylation sites (N-methyl/N-ethyl adjacent to an activating group) is 1. The van der Waals surface area contributed by atoms with Crippen LogP contribution in [0.1, 0.15) is 64.6 Å². The summed E-state index contributed by atoms with van der Waals surface area (Å²) in [6.45, 7) is 6.94. The van der Waals surface area contributed by atoms with Gasteiger partial charge in [-0.2, -0.15) is 5.10 Å². The molecule has 3 heteroatoms. The number of rotatable bonds is 6. The van der Waals surface area contributed by atoms with Gasteiger partial charge in [0, 0.05) is 18.7 Å². The quantitative estimate of drug-likeness (QED) is 0.850. The lowest BCUT2D eigenvalue weighted by atomic mass is 9.80. The summed E-state index contributed by atoms with van der Waals surface area (Å²) in [5.41, 5.74) is 1.54. The topological polar surface area (TPSA) is 29.9 Å². The maximum absolute atomic E-state index is 4.80. The van der Waals surface area contributed by atoms with E-state index < -0.39 is 0 Å². The third-order valence-electron chi connectivity index (χ3n) is 4.98. The zero-order valence-electron chi connectivity index (χ0n) is 12.9. The van der Waals surface area contributed by atoms with Crippen LogP contribution in [0.15, 0.2) is 12.3 Å². The van der Waals surface area contributed by atoms with E-state index in [-0.39, 0.29) is 0 Å². The highest BCUT2D eigenvalue weighted by atomic mass is 15.3. The fourth-order valence-corrected chi connectivity index (χ4v) is 3.08. The van der Waals surface area contributed by atoms with Gasteiger partial charge in [0.15, 0.2) is 0 Å². The maximum atomic E-state index is 4.80. The van der Waals surface area contributed by atoms with Crippen LogP contribution < -0.4 is 5.32 Å². The maximum Gasteiger partial charge on any atom is 0.0640 e. The van der Waals surface area contributed by atoms with E-state index in [0.717, 1.165) is 6.42 Å². The number of nitrogens with zero attached hydrogens (tertiary/aromatic N) is 2. The third-order valence-corrected chi connectivity index (χ3v) is 4.98. The molecule has 1 atom stereocenters. The van der Waals surface area contributed by atoms with Crippen molar-refractivity contribution in [1.29, 1.82) is 0 Å². The van der Waals surface area contributed by atoms with E-state index in [9.17, 15) is 0 Å². The Balaban J connectivity index is 2.02. The zero-order chi connectivity index (χ0) is 13.9. The molecule has 0 amide bonds. The van der Waals surface area contributed by atoms with Gasteiger partial charge in [-0.3, -0.25) is 4.68 Å². The Bertz CT molecular complexity index is 388. The standard InChI is InChI=1S/C16H29N3/c1-5-16(2,3)15(17-4)12-13-10-11-19(18-13)14-8-6-7-9-14/h10-11,14-15,17H,5-9,12H2,1-4H3. The van der Waals surface area contributed by atoms with E-state index in [0.29, 0.717) is 17.5 Å². The predicted octanol–water partition coefficient (Wildman–Crippen LogP) is 3.56. The van der Waals surface area contributed by atoms with E-state index in [1.54, 1.807) is 0 Å². The van der Waals surface area contributed by atoms with Crippen LogP contribution in [-0.2, 0) is 6.42 Å². The largest absolute Gasteiger partial charge is 0.316 e. The summed E-state index contributed by atoms with van der Waals surface area (Å²) < 4.78 is 2.20. The Labute approximate surface area is 117 Å². The molecule has 1 aromatic heterocycles. The Hall–Kier alpha value is -0.830. The molecule has 1 aliphatic carbocycles.